The minimum atomic E-state index is -4.42. The lowest BCUT2D eigenvalue weighted by molar-refractivity contribution is 0.472. The minimum absolute atomic E-state index is 0.0707. The molecule has 34 heavy (non-hydrogen) atoms. The predicted octanol–water partition coefficient (Wildman–Crippen LogP) is 3.25. The second-order valence-electron chi connectivity index (χ2n) is 7.59. The van der Waals surface area contributed by atoms with Gasteiger partial charge < -0.3 is 15.2 Å². The fourth-order valence-electron chi connectivity index (χ4n) is 3.97. The molecule has 0 saturated carbocycles. The molecule has 0 fully saturated rings. The third kappa shape index (κ3) is 3.46. The van der Waals surface area contributed by atoms with Crippen LogP contribution in [0.3, 0.4) is 0 Å². The van der Waals surface area contributed by atoms with Crippen molar-refractivity contribution in [2.75, 3.05) is 4.72 Å². The molecule has 0 unspecified atom stereocenters. The number of phenols is 2. The Balaban J connectivity index is 1.79. The van der Waals surface area contributed by atoms with Gasteiger partial charge in [-0.25, -0.2) is 13.2 Å². The zero-order valence-corrected chi connectivity index (χ0v) is 18.2. The van der Waals surface area contributed by atoms with E-state index in [1.807, 2.05) is 17.1 Å². The van der Waals surface area contributed by atoms with Gasteiger partial charge in [0.25, 0.3) is 15.6 Å². The number of hydrogen-bond donors (Lipinski definition) is 5. The first-order valence-electron chi connectivity index (χ1n) is 10.1. The second kappa shape index (κ2) is 7.78. The summed E-state index contributed by atoms with van der Waals surface area (Å²) in [6, 6.07) is 18.5. The topological polar surface area (TPSA) is 152 Å². The first-order chi connectivity index (χ1) is 16.3. The summed E-state index contributed by atoms with van der Waals surface area (Å²) in [4.78, 5) is 26.8. The van der Waals surface area contributed by atoms with Crippen LogP contribution in [0.25, 0.3) is 32.7 Å². The van der Waals surface area contributed by atoms with Gasteiger partial charge in [-0.05, 0) is 22.9 Å². The van der Waals surface area contributed by atoms with Crippen molar-refractivity contribution in [2.45, 2.75) is 4.90 Å². The van der Waals surface area contributed by atoms with Gasteiger partial charge in [0.05, 0.1) is 5.69 Å². The van der Waals surface area contributed by atoms with Crippen molar-refractivity contribution < 1.29 is 18.6 Å². The van der Waals surface area contributed by atoms with Gasteiger partial charge in [0.2, 0.25) is 0 Å². The quantitative estimate of drug-likeness (QED) is 0.252. The number of anilines is 1. The van der Waals surface area contributed by atoms with Crippen LogP contribution >= 0.6 is 0 Å². The number of phenolic OH excluding ortho intramolecular Hbond substituents is 2. The summed E-state index contributed by atoms with van der Waals surface area (Å²) in [7, 11) is -4.42. The Morgan fingerprint density at radius 3 is 2.24 bits per heavy atom. The molecule has 0 aliphatic carbocycles. The van der Waals surface area contributed by atoms with Crippen LogP contribution in [0.4, 0.5) is 5.69 Å². The second-order valence-corrected chi connectivity index (χ2v) is 9.24. The minimum Gasteiger partial charge on any atom is -0.507 e. The van der Waals surface area contributed by atoms with Crippen molar-refractivity contribution in [1.82, 2.24) is 9.97 Å². The molecule has 9 nitrogen and oxygen atoms in total. The van der Waals surface area contributed by atoms with Gasteiger partial charge in [0.1, 0.15) is 11.5 Å². The van der Waals surface area contributed by atoms with Crippen molar-refractivity contribution in [3.05, 3.63) is 93.8 Å². The van der Waals surface area contributed by atoms with Crippen molar-refractivity contribution in [2.24, 2.45) is 0 Å². The Bertz CT molecular complexity index is 1820. The monoisotopic (exact) mass is 475 g/mol. The van der Waals surface area contributed by atoms with Gasteiger partial charge in [-0.1, -0.05) is 54.6 Å². The number of aromatic hydroxyl groups is 2. The van der Waals surface area contributed by atoms with Gasteiger partial charge in [0, 0.05) is 28.1 Å². The van der Waals surface area contributed by atoms with Gasteiger partial charge in [-0.15, -0.1) is 0 Å². The highest BCUT2D eigenvalue weighted by molar-refractivity contribution is 7.92. The zero-order chi connectivity index (χ0) is 24.0. The van der Waals surface area contributed by atoms with Gasteiger partial charge in [-0.3, -0.25) is 14.5 Å². The number of aromatic nitrogens is 2. The first-order valence-corrected chi connectivity index (χ1v) is 11.6. The van der Waals surface area contributed by atoms with E-state index in [9.17, 15) is 28.2 Å². The average Bonchev–Trinajstić information content (AvgIpc) is 2.81. The van der Waals surface area contributed by atoms with Crippen molar-refractivity contribution in [3.8, 4) is 22.6 Å². The van der Waals surface area contributed by atoms with Crippen LogP contribution in [0.2, 0.25) is 0 Å². The number of aromatic amines is 2. The Hall–Kier alpha value is -4.57. The van der Waals surface area contributed by atoms with Crippen LogP contribution in [0.15, 0.2) is 87.4 Å². The van der Waals surface area contributed by atoms with Crippen molar-refractivity contribution >= 4 is 37.3 Å². The molecular weight excluding hydrogens is 458 g/mol. The number of hydrogen-bond acceptors (Lipinski definition) is 6. The molecule has 5 rings (SSSR count). The molecule has 0 saturated heterocycles. The fraction of sp³-hybridized carbons (Fsp3) is 0. The third-order valence-corrected chi connectivity index (χ3v) is 6.88. The van der Waals surface area contributed by atoms with Crippen LogP contribution in [0.1, 0.15) is 0 Å². The van der Waals surface area contributed by atoms with E-state index in [2.05, 4.69) is 9.71 Å². The molecule has 0 aliphatic rings. The Morgan fingerprint density at radius 2 is 1.50 bits per heavy atom. The number of rotatable bonds is 4. The summed E-state index contributed by atoms with van der Waals surface area (Å²) >= 11 is 0. The molecule has 0 atom stereocenters. The first kappa shape index (κ1) is 21.3. The molecule has 0 radical (unpaired) electrons. The maximum Gasteiger partial charge on any atom is 0.325 e. The van der Waals surface area contributed by atoms with E-state index < -0.39 is 26.2 Å². The summed E-state index contributed by atoms with van der Waals surface area (Å²) in [5, 5.41) is 24.0. The molecule has 0 bridgehead atoms. The molecule has 0 aliphatic heterocycles. The van der Waals surface area contributed by atoms with Crippen molar-refractivity contribution in [1.29, 1.82) is 0 Å². The van der Waals surface area contributed by atoms with Crippen LogP contribution in [-0.2, 0) is 10.0 Å². The van der Waals surface area contributed by atoms with E-state index in [0.29, 0.717) is 21.7 Å². The molecular formula is C24H17N3O6S. The smallest absolute Gasteiger partial charge is 0.325 e. The summed E-state index contributed by atoms with van der Waals surface area (Å²) < 4.78 is 28.4. The lowest BCUT2D eigenvalue weighted by Crippen LogP contribution is -2.29. The van der Waals surface area contributed by atoms with E-state index >= 15 is 0 Å². The largest absolute Gasteiger partial charge is 0.507 e. The number of fused-ring (bicyclic) bond motifs is 2. The SMILES string of the molecule is O=c1[nH]cc(S(=O)(=O)Nc2cc(-c3c(O)ccc4ccccc34)c(O)c3ccccc23)c(=O)[nH]1. The van der Waals surface area contributed by atoms with Gasteiger partial charge in [-0.2, -0.15) is 0 Å². The van der Waals surface area contributed by atoms with E-state index in [4.69, 9.17) is 0 Å². The molecule has 1 heterocycles. The molecule has 0 amide bonds. The van der Waals surface area contributed by atoms with Crippen LogP contribution in [0, 0.1) is 0 Å². The third-order valence-electron chi connectivity index (χ3n) is 5.51. The Morgan fingerprint density at radius 1 is 0.824 bits per heavy atom. The van der Waals surface area contributed by atoms with E-state index in [-0.39, 0.29) is 22.7 Å². The average molecular weight is 475 g/mol. The van der Waals surface area contributed by atoms with E-state index in [1.54, 1.807) is 42.5 Å². The normalized spacial score (nSPS) is 11.6. The van der Waals surface area contributed by atoms with Crippen LogP contribution < -0.4 is 16.0 Å². The van der Waals surface area contributed by atoms with Crippen molar-refractivity contribution in [3.63, 3.8) is 0 Å². The van der Waals surface area contributed by atoms with Gasteiger partial charge >= 0.3 is 5.69 Å². The van der Waals surface area contributed by atoms with Crippen LogP contribution in [-0.4, -0.2) is 28.6 Å². The molecule has 0 spiro atoms. The van der Waals surface area contributed by atoms with E-state index in [1.165, 1.54) is 12.1 Å². The summed E-state index contributed by atoms with van der Waals surface area (Å²) in [6.07, 6.45) is 0.809. The highest BCUT2D eigenvalue weighted by Crippen LogP contribution is 2.46. The molecule has 5 N–H and O–H groups in total. The Kier molecular flexibility index (Phi) is 4.87. The summed E-state index contributed by atoms with van der Waals surface area (Å²) in [6.45, 7) is 0. The van der Waals surface area contributed by atoms with Crippen LogP contribution in [0.5, 0.6) is 11.5 Å². The fourth-order valence-corrected chi connectivity index (χ4v) is 5.05. The molecule has 4 aromatic carbocycles. The molecule has 1 aromatic heterocycles. The number of nitrogens with one attached hydrogen (secondary N) is 3. The lowest BCUT2D eigenvalue weighted by Gasteiger charge is -2.17. The molecule has 170 valence electrons. The molecule has 10 heteroatoms. The lowest BCUT2D eigenvalue weighted by atomic mass is 9.93. The maximum absolute atomic E-state index is 13.0. The molecule has 5 aromatic rings. The summed E-state index contributed by atoms with van der Waals surface area (Å²) in [5.74, 6) is -0.248. The number of sulfonamides is 1. The standard InChI is InChI=1S/C24H17N3O6S/c28-19-10-9-13-5-1-2-6-14(13)21(19)17-11-18(15-7-3-4-8-16(15)22(17)29)27-34(32,33)20-12-25-24(31)26-23(20)30/h1-12,27-29H,(H2,25,26,30,31). The van der Waals surface area contributed by atoms with E-state index in [0.717, 1.165) is 11.6 Å². The highest BCUT2D eigenvalue weighted by Gasteiger charge is 2.23. The number of benzene rings is 4. The zero-order valence-electron chi connectivity index (χ0n) is 17.4. The highest BCUT2D eigenvalue weighted by atomic mass is 32.2. The summed E-state index contributed by atoms with van der Waals surface area (Å²) in [5.41, 5.74) is -1.33. The maximum atomic E-state index is 13.0. The Labute approximate surface area is 192 Å². The van der Waals surface area contributed by atoms with Gasteiger partial charge in [0.15, 0.2) is 4.90 Å². The number of H-pyrrole nitrogens is 2. The predicted molar refractivity (Wildman–Crippen MR) is 129 cm³/mol.